The van der Waals surface area contributed by atoms with Gasteiger partial charge in [0.15, 0.2) is 5.11 Å². The smallest absolute Gasteiger partial charge is 0.338 e. The summed E-state index contributed by atoms with van der Waals surface area (Å²) in [5.41, 5.74) is 4.04. The number of nitrogens with one attached hydrogen (secondary N) is 2. The maximum atomic E-state index is 11.9. The van der Waals surface area contributed by atoms with E-state index in [1.54, 1.807) is 25.2 Å². The van der Waals surface area contributed by atoms with Crippen LogP contribution in [0.1, 0.15) is 35.9 Å². The lowest BCUT2D eigenvalue weighted by molar-refractivity contribution is 0.0500. The normalized spacial score (nSPS) is 10.6. The maximum absolute atomic E-state index is 11.9. The molecule has 132 valence electrons. The highest BCUT2D eigenvalue weighted by molar-refractivity contribution is 7.80. The molecule has 0 fully saturated rings. The zero-order chi connectivity index (χ0) is 18.1. The van der Waals surface area contributed by atoms with Gasteiger partial charge in [0.25, 0.3) is 0 Å². The van der Waals surface area contributed by atoms with Crippen molar-refractivity contribution in [2.24, 2.45) is 5.10 Å². The van der Waals surface area contributed by atoms with Gasteiger partial charge in [-0.15, -0.1) is 0 Å². The Morgan fingerprint density at radius 2 is 2.04 bits per heavy atom. The van der Waals surface area contributed by atoms with Crippen LogP contribution < -0.4 is 10.7 Å². The molecular formula is C18H21N3O3S. The summed E-state index contributed by atoms with van der Waals surface area (Å²) in [5, 5.41) is 7.13. The van der Waals surface area contributed by atoms with Crippen LogP contribution in [0.3, 0.4) is 0 Å². The second kappa shape index (κ2) is 9.58. The average Bonchev–Trinajstić information content (AvgIpc) is 3.10. The highest BCUT2D eigenvalue weighted by Gasteiger charge is 2.09. The molecule has 0 bridgehead atoms. The molecule has 2 N–H and O–H groups in total. The van der Waals surface area contributed by atoms with Crippen molar-refractivity contribution in [3.05, 3.63) is 47.7 Å². The predicted molar refractivity (Wildman–Crippen MR) is 102 cm³/mol. The molecule has 1 aromatic carbocycles. The molecule has 0 amide bonds. The number of carbonyl (C=O) groups excluding carboxylic acids is 1. The molecule has 0 aliphatic rings. The van der Waals surface area contributed by atoms with Crippen molar-refractivity contribution in [3.63, 3.8) is 0 Å². The van der Waals surface area contributed by atoms with E-state index in [4.69, 9.17) is 21.4 Å². The van der Waals surface area contributed by atoms with Gasteiger partial charge in [-0.1, -0.05) is 25.5 Å². The fourth-order valence-electron chi connectivity index (χ4n) is 1.95. The molecule has 25 heavy (non-hydrogen) atoms. The monoisotopic (exact) mass is 359 g/mol. The molecule has 0 aliphatic carbocycles. The first-order chi connectivity index (χ1) is 12.1. The predicted octanol–water partition coefficient (Wildman–Crippen LogP) is 3.33. The van der Waals surface area contributed by atoms with Gasteiger partial charge in [-0.05, 0) is 42.9 Å². The zero-order valence-electron chi connectivity index (χ0n) is 14.2. The van der Waals surface area contributed by atoms with Gasteiger partial charge < -0.3 is 14.5 Å². The average molecular weight is 359 g/mol. The van der Waals surface area contributed by atoms with Crippen molar-refractivity contribution in [2.45, 2.75) is 19.8 Å². The molecule has 0 atom stereocenters. The Morgan fingerprint density at radius 1 is 1.28 bits per heavy atom. The molecule has 0 saturated heterocycles. The van der Waals surface area contributed by atoms with Crippen molar-refractivity contribution >= 4 is 29.5 Å². The fourth-order valence-corrected chi connectivity index (χ4v) is 2.00. The molecule has 0 spiro atoms. The van der Waals surface area contributed by atoms with Crippen molar-refractivity contribution in [1.82, 2.24) is 10.7 Å². The van der Waals surface area contributed by atoms with Gasteiger partial charge in [0.2, 0.25) is 0 Å². The molecule has 0 saturated carbocycles. The first kappa shape index (κ1) is 18.7. The summed E-state index contributed by atoms with van der Waals surface area (Å²) in [6.45, 7) is 2.50. The van der Waals surface area contributed by atoms with Crippen LogP contribution in [-0.2, 0) is 4.74 Å². The van der Waals surface area contributed by atoms with Gasteiger partial charge in [0, 0.05) is 12.6 Å². The number of nitrogens with zero attached hydrogens (tertiary/aromatic N) is 1. The van der Waals surface area contributed by atoms with E-state index in [1.807, 2.05) is 18.2 Å². The van der Waals surface area contributed by atoms with Crippen LogP contribution in [-0.4, -0.2) is 31.0 Å². The zero-order valence-corrected chi connectivity index (χ0v) is 15.1. The molecule has 1 heterocycles. The lowest BCUT2D eigenvalue weighted by atomic mass is 10.1. The Balaban J connectivity index is 1.98. The van der Waals surface area contributed by atoms with Crippen LogP contribution in [0.5, 0.6) is 0 Å². The van der Waals surface area contributed by atoms with Crippen molar-refractivity contribution < 1.29 is 13.9 Å². The Hall–Kier alpha value is -2.67. The minimum atomic E-state index is -0.307. The van der Waals surface area contributed by atoms with E-state index < -0.39 is 0 Å². The van der Waals surface area contributed by atoms with Gasteiger partial charge >= 0.3 is 5.97 Å². The number of furan rings is 1. The van der Waals surface area contributed by atoms with Crippen LogP contribution in [0.25, 0.3) is 11.3 Å². The first-order valence-corrected chi connectivity index (χ1v) is 8.43. The minimum absolute atomic E-state index is 0.307. The molecule has 0 aliphatic heterocycles. The highest BCUT2D eigenvalue weighted by Crippen LogP contribution is 2.22. The number of ether oxygens (including phenoxy) is 1. The lowest BCUT2D eigenvalue weighted by Gasteiger charge is -2.04. The van der Waals surface area contributed by atoms with E-state index in [1.165, 1.54) is 6.21 Å². The topological polar surface area (TPSA) is 75.9 Å². The molecule has 0 radical (unpaired) electrons. The summed E-state index contributed by atoms with van der Waals surface area (Å²) < 4.78 is 10.9. The summed E-state index contributed by atoms with van der Waals surface area (Å²) in [6, 6.07) is 10.7. The number of benzene rings is 1. The Morgan fingerprint density at radius 3 is 2.72 bits per heavy atom. The van der Waals surface area contributed by atoms with E-state index in [2.05, 4.69) is 22.8 Å². The molecule has 2 aromatic rings. The lowest BCUT2D eigenvalue weighted by Crippen LogP contribution is -2.28. The summed E-state index contributed by atoms with van der Waals surface area (Å²) in [7, 11) is 1.71. The van der Waals surface area contributed by atoms with Crippen LogP contribution in [0.15, 0.2) is 45.9 Å². The SMILES string of the molecule is CCCCOC(=O)c1ccc(-c2ccc(/C=N\NC(=S)NC)o2)cc1. The molecule has 7 heteroatoms. The van der Waals surface area contributed by atoms with Crippen LogP contribution in [0, 0.1) is 0 Å². The highest BCUT2D eigenvalue weighted by atomic mass is 32.1. The Labute approximate surface area is 152 Å². The molecule has 2 rings (SSSR count). The second-order valence-corrected chi connectivity index (χ2v) is 5.63. The number of rotatable bonds is 7. The van der Waals surface area contributed by atoms with Crippen LogP contribution in [0.4, 0.5) is 0 Å². The van der Waals surface area contributed by atoms with E-state index in [9.17, 15) is 4.79 Å². The second-order valence-electron chi connectivity index (χ2n) is 5.22. The summed E-state index contributed by atoms with van der Waals surface area (Å²) >= 11 is 4.91. The molecular weight excluding hydrogens is 338 g/mol. The van der Waals surface area contributed by atoms with Crippen LogP contribution >= 0.6 is 12.2 Å². The van der Waals surface area contributed by atoms with Gasteiger partial charge in [-0.25, -0.2) is 4.79 Å². The van der Waals surface area contributed by atoms with E-state index in [-0.39, 0.29) is 5.97 Å². The van der Waals surface area contributed by atoms with E-state index in [0.717, 1.165) is 18.4 Å². The van der Waals surface area contributed by atoms with Crippen molar-refractivity contribution in [1.29, 1.82) is 0 Å². The Bertz CT molecular complexity index is 738. The maximum Gasteiger partial charge on any atom is 0.338 e. The van der Waals surface area contributed by atoms with Crippen LogP contribution in [0.2, 0.25) is 0 Å². The van der Waals surface area contributed by atoms with E-state index >= 15 is 0 Å². The van der Waals surface area contributed by atoms with Crippen molar-refractivity contribution in [3.8, 4) is 11.3 Å². The number of hydrazone groups is 1. The largest absolute Gasteiger partial charge is 0.462 e. The summed E-state index contributed by atoms with van der Waals surface area (Å²) in [4.78, 5) is 11.9. The van der Waals surface area contributed by atoms with Crippen molar-refractivity contribution in [2.75, 3.05) is 13.7 Å². The standard InChI is InChI=1S/C18H21N3O3S/c1-3-4-11-23-17(22)14-7-5-13(6-8-14)16-10-9-15(24-16)12-20-21-18(25)19-2/h5-10,12H,3-4,11H2,1-2H3,(H2,19,21,25)/b20-12-. The minimum Gasteiger partial charge on any atom is -0.462 e. The van der Waals surface area contributed by atoms with Gasteiger partial charge in [0.1, 0.15) is 11.5 Å². The number of unbranched alkanes of at least 4 members (excludes halogenated alkanes) is 1. The molecule has 6 nitrogen and oxygen atoms in total. The molecule has 1 aromatic heterocycles. The number of esters is 1. The van der Waals surface area contributed by atoms with Gasteiger partial charge in [0.05, 0.1) is 18.4 Å². The summed E-state index contributed by atoms with van der Waals surface area (Å²) in [5.74, 6) is 0.965. The third kappa shape index (κ3) is 5.72. The fraction of sp³-hybridized carbons (Fsp3) is 0.278. The van der Waals surface area contributed by atoms with Gasteiger partial charge in [-0.2, -0.15) is 5.10 Å². The Kier molecular flexibility index (Phi) is 7.16. The number of hydrogen-bond donors (Lipinski definition) is 2. The third-order valence-corrected chi connectivity index (χ3v) is 3.64. The number of carbonyl (C=O) groups is 1. The number of thiocarbonyl (C=S) groups is 1. The molecule has 0 unspecified atom stereocenters. The number of hydrogen-bond acceptors (Lipinski definition) is 5. The summed E-state index contributed by atoms with van der Waals surface area (Å²) in [6.07, 6.45) is 3.40. The quantitative estimate of drug-likeness (QED) is 0.260. The van der Waals surface area contributed by atoms with E-state index in [0.29, 0.717) is 28.8 Å². The van der Waals surface area contributed by atoms with Gasteiger partial charge in [-0.3, -0.25) is 5.43 Å². The third-order valence-electron chi connectivity index (χ3n) is 3.35. The first-order valence-electron chi connectivity index (χ1n) is 8.02.